The van der Waals surface area contributed by atoms with Crippen LogP contribution in [0.15, 0.2) is 0 Å². The van der Waals surface area contributed by atoms with Crippen LogP contribution in [0.3, 0.4) is 0 Å². The van der Waals surface area contributed by atoms with E-state index in [-0.39, 0.29) is 5.69 Å². The number of methoxy groups -OCH3 is 1. The minimum Gasteiger partial charge on any atom is -0.476 e. The molecule has 0 spiro atoms. The van der Waals surface area contributed by atoms with E-state index in [1.165, 1.54) is 0 Å². The van der Waals surface area contributed by atoms with Gasteiger partial charge in [-0.3, -0.25) is 0 Å². The van der Waals surface area contributed by atoms with Crippen LogP contribution in [-0.2, 0) is 16.0 Å². The molecule has 0 aliphatic rings. The fraction of sp³-hybridized carbons (Fsp3) is 0.700. The lowest BCUT2D eigenvalue weighted by Crippen LogP contribution is -2.09. The predicted octanol–water partition coefficient (Wildman–Crippen LogP) is 0.338. The van der Waals surface area contributed by atoms with Gasteiger partial charge in [0, 0.05) is 20.3 Å². The van der Waals surface area contributed by atoms with Crippen molar-refractivity contribution in [1.82, 2.24) is 15.0 Å². The number of nitrogens with zero attached hydrogens (tertiary/aromatic N) is 3. The van der Waals surface area contributed by atoms with E-state index in [0.717, 1.165) is 6.42 Å². The second-order valence-corrected chi connectivity index (χ2v) is 3.51. The van der Waals surface area contributed by atoms with Gasteiger partial charge >= 0.3 is 5.97 Å². The molecule has 0 aliphatic heterocycles. The zero-order valence-corrected chi connectivity index (χ0v) is 10.0. The van der Waals surface area contributed by atoms with Gasteiger partial charge in [0.2, 0.25) is 0 Å². The van der Waals surface area contributed by atoms with Crippen molar-refractivity contribution in [2.45, 2.75) is 19.9 Å². The second-order valence-electron chi connectivity index (χ2n) is 3.51. The number of carboxylic acids is 1. The molecule has 0 aromatic carbocycles. The summed E-state index contributed by atoms with van der Waals surface area (Å²) in [5, 5.41) is 16.2. The highest BCUT2D eigenvalue weighted by Crippen LogP contribution is 2.04. The van der Waals surface area contributed by atoms with E-state index < -0.39 is 5.97 Å². The molecule has 0 unspecified atom stereocenters. The molecule has 0 saturated carbocycles. The third kappa shape index (κ3) is 4.12. The molecule has 0 bridgehead atoms. The summed E-state index contributed by atoms with van der Waals surface area (Å²) in [6, 6.07) is 0. The Hall–Kier alpha value is -1.47. The average molecular weight is 243 g/mol. The van der Waals surface area contributed by atoms with E-state index in [4.69, 9.17) is 14.6 Å². The zero-order valence-electron chi connectivity index (χ0n) is 10.0. The number of hydrogen-bond acceptors (Lipinski definition) is 5. The Morgan fingerprint density at radius 1 is 1.41 bits per heavy atom. The molecule has 1 rings (SSSR count). The lowest BCUT2D eigenvalue weighted by molar-refractivity contribution is 0.0675. The molecule has 0 saturated heterocycles. The van der Waals surface area contributed by atoms with E-state index in [1.54, 1.807) is 18.7 Å². The molecule has 0 amide bonds. The van der Waals surface area contributed by atoms with Gasteiger partial charge in [-0.25, -0.2) is 9.48 Å². The van der Waals surface area contributed by atoms with Crippen molar-refractivity contribution in [1.29, 1.82) is 0 Å². The number of rotatable bonds is 8. The summed E-state index contributed by atoms with van der Waals surface area (Å²) in [6.07, 6.45) is 0.757. The number of aromatic carboxylic acids is 1. The van der Waals surface area contributed by atoms with E-state index in [1.807, 2.05) is 0 Å². The predicted molar refractivity (Wildman–Crippen MR) is 59.0 cm³/mol. The number of carboxylic acid groups (broad SMARTS) is 1. The van der Waals surface area contributed by atoms with Gasteiger partial charge in [-0.15, -0.1) is 5.10 Å². The quantitative estimate of drug-likeness (QED) is 0.662. The summed E-state index contributed by atoms with van der Waals surface area (Å²) in [6.45, 7) is 4.01. The summed E-state index contributed by atoms with van der Waals surface area (Å²) >= 11 is 0. The summed E-state index contributed by atoms with van der Waals surface area (Å²) in [7, 11) is 1.62. The maximum Gasteiger partial charge on any atom is 0.358 e. The molecule has 1 aromatic rings. The molecular formula is C10H17N3O4. The average Bonchev–Trinajstić information content (AvgIpc) is 2.65. The molecule has 96 valence electrons. The minimum atomic E-state index is -1.05. The molecule has 17 heavy (non-hydrogen) atoms. The highest BCUT2D eigenvalue weighted by molar-refractivity contribution is 5.86. The zero-order chi connectivity index (χ0) is 12.7. The minimum absolute atomic E-state index is 0.00491. The molecule has 1 N–H and O–H groups in total. The lowest BCUT2D eigenvalue weighted by atomic mass is 10.3. The molecule has 1 aromatic heterocycles. The van der Waals surface area contributed by atoms with Gasteiger partial charge in [-0.2, -0.15) is 0 Å². The first-order valence-corrected chi connectivity index (χ1v) is 5.37. The fourth-order valence-corrected chi connectivity index (χ4v) is 1.33. The Balaban J connectivity index is 2.30. The van der Waals surface area contributed by atoms with E-state index in [2.05, 4.69) is 10.3 Å². The van der Waals surface area contributed by atoms with Gasteiger partial charge in [-0.05, 0) is 13.3 Å². The summed E-state index contributed by atoms with van der Waals surface area (Å²) in [5.74, 6) is -1.05. The Morgan fingerprint density at radius 2 is 2.18 bits per heavy atom. The van der Waals surface area contributed by atoms with Gasteiger partial charge in [0.15, 0.2) is 5.69 Å². The van der Waals surface area contributed by atoms with Gasteiger partial charge in [0.1, 0.15) is 0 Å². The van der Waals surface area contributed by atoms with Crippen LogP contribution in [0.25, 0.3) is 0 Å². The molecule has 1 heterocycles. The van der Waals surface area contributed by atoms with Gasteiger partial charge in [0.05, 0.1) is 18.9 Å². The third-order valence-electron chi connectivity index (χ3n) is 2.28. The van der Waals surface area contributed by atoms with Crippen LogP contribution in [-0.4, -0.2) is 53.0 Å². The second kappa shape index (κ2) is 6.97. The Morgan fingerprint density at radius 3 is 2.76 bits per heavy atom. The van der Waals surface area contributed by atoms with Crippen molar-refractivity contribution >= 4 is 5.97 Å². The monoisotopic (exact) mass is 243 g/mol. The van der Waals surface area contributed by atoms with Crippen LogP contribution in [0, 0.1) is 6.92 Å². The van der Waals surface area contributed by atoms with Crippen LogP contribution in [0.5, 0.6) is 0 Å². The maximum absolute atomic E-state index is 10.7. The van der Waals surface area contributed by atoms with Crippen molar-refractivity contribution in [3.05, 3.63) is 11.4 Å². The standard InChI is InChI=1S/C10H17N3O4/c1-8-9(10(14)15)11-12-13(8)4-3-5-17-7-6-16-2/h3-7H2,1-2H3,(H,14,15). The SMILES string of the molecule is COCCOCCCn1nnc(C(=O)O)c1C. The molecule has 7 nitrogen and oxygen atoms in total. The lowest BCUT2D eigenvalue weighted by Gasteiger charge is -2.04. The third-order valence-corrected chi connectivity index (χ3v) is 2.28. The summed E-state index contributed by atoms with van der Waals surface area (Å²) < 4.78 is 11.7. The number of aromatic nitrogens is 3. The first-order chi connectivity index (χ1) is 8.16. The molecule has 0 atom stereocenters. The number of carbonyl (C=O) groups is 1. The Labute approximate surface area is 99.3 Å². The van der Waals surface area contributed by atoms with Crippen molar-refractivity contribution in [2.75, 3.05) is 26.9 Å². The molecular weight excluding hydrogens is 226 g/mol. The van der Waals surface area contributed by atoms with Crippen LogP contribution in [0.2, 0.25) is 0 Å². The van der Waals surface area contributed by atoms with Gasteiger partial charge in [0.25, 0.3) is 0 Å². The van der Waals surface area contributed by atoms with E-state index in [9.17, 15) is 4.79 Å². The van der Waals surface area contributed by atoms with E-state index in [0.29, 0.717) is 32.1 Å². The van der Waals surface area contributed by atoms with Gasteiger partial charge < -0.3 is 14.6 Å². The summed E-state index contributed by atoms with van der Waals surface area (Å²) in [5.41, 5.74) is 0.569. The molecule has 0 aliphatic carbocycles. The largest absolute Gasteiger partial charge is 0.476 e. The fourth-order valence-electron chi connectivity index (χ4n) is 1.33. The van der Waals surface area contributed by atoms with Crippen molar-refractivity contribution in [3.63, 3.8) is 0 Å². The van der Waals surface area contributed by atoms with Crippen molar-refractivity contribution in [3.8, 4) is 0 Å². The number of aryl methyl sites for hydroxylation is 1. The molecule has 0 fully saturated rings. The Bertz CT molecular complexity index is 364. The van der Waals surface area contributed by atoms with Crippen LogP contribution in [0.1, 0.15) is 22.6 Å². The highest BCUT2D eigenvalue weighted by Gasteiger charge is 2.14. The molecule has 7 heteroatoms. The van der Waals surface area contributed by atoms with Crippen LogP contribution >= 0.6 is 0 Å². The van der Waals surface area contributed by atoms with E-state index >= 15 is 0 Å². The van der Waals surface area contributed by atoms with Crippen LogP contribution < -0.4 is 0 Å². The topological polar surface area (TPSA) is 86.5 Å². The number of hydrogen-bond donors (Lipinski definition) is 1. The highest BCUT2D eigenvalue weighted by atomic mass is 16.5. The smallest absolute Gasteiger partial charge is 0.358 e. The summed E-state index contributed by atoms with van der Waals surface area (Å²) in [4.78, 5) is 10.7. The van der Waals surface area contributed by atoms with Crippen molar-refractivity contribution in [2.24, 2.45) is 0 Å². The number of ether oxygens (including phenoxy) is 2. The molecule has 0 radical (unpaired) electrons. The van der Waals surface area contributed by atoms with Crippen molar-refractivity contribution < 1.29 is 19.4 Å². The Kier molecular flexibility index (Phi) is 5.58. The maximum atomic E-state index is 10.7. The normalized spacial score (nSPS) is 10.7. The first-order valence-electron chi connectivity index (χ1n) is 5.37. The van der Waals surface area contributed by atoms with Gasteiger partial charge in [-0.1, -0.05) is 5.21 Å². The van der Waals surface area contributed by atoms with Crippen LogP contribution in [0.4, 0.5) is 0 Å². The first kappa shape index (κ1) is 13.6.